The molecule has 92 valence electrons. The minimum atomic E-state index is -0.761. The van der Waals surface area contributed by atoms with Crippen molar-refractivity contribution < 1.29 is 9.47 Å². The summed E-state index contributed by atoms with van der Waals surface area (Å²) in [6, 6.07) is 9.67. The molecule has 0 heterocycles. The van der Waals surface area contributed by atoms with Crippen LogP contribution in [0.1, 0.15) is 13.8 Å². The summed E-state index contributed by atoms with van der Waals surface area (Å²) in [4.78, 5) is 0. The van der Waals surface area contributed by atoms with Gasteiger partial charge >= 0.3 is 0 Å². The van der Waals surface area contributed by atoms with Gasteiger partial charge in [0.15, 0.2) is 0 Å². The molecule has 17 heavy (non-hydrogen) atoms. The predicted octanol–water partition coefficient (Wildman–Crippen LogP) is 2.42. The Balaban J connectivity index is 2.84. The van der Waals surface area contributed by atoms with Gasteiger partial charge in [0, 0.05) is 12.8 Å². The van der Waals surface area contributed by atoms with Crippen LogP contribution in [0.3, 0.4) is 0 Å². The highest BCUT2D eigenvalue weighted by Gasteiger charge is 2.31. The van der Waals surface area contributed by atoms with E-state index in [0.717, 1.165) is 11.4 Å². The van der Waals surface area contributed by atoms with Crippen molar-refractivity contribution in [1.29, 1.82) is 5.26 Å². The van der Waals surface area contributed by atoms with E-state index in [9.17, 15) is 5.26 Å². The topological polar surface area (TPSA) is 54.3 Å². The molecule has 0 aliphatic heterocycles. The van der Waals surface area contributed by atoms with Crippen molar-refractivity contribution in [2.24, 2.45) is 0 Å². The van der Waals surface area contributed by atoms with E-state index < -0.39 is 5.54 Å². The van der Waals surface area contributed by atoms with Gasteiger partial charge in [0.2, 0.25) is 0 Å². The Bertz CT molecular complexity index is 397. The Hall–Kier alpha value is -1.73. The second kappa shape index (κ2) is 5.55. The highest BCUT2D eigenvalue weighted by molar-refractivity contribution is 5.50. The molecule has 1 N–H and O–H groups in total. The Morgan fingerprint density at radius 3 is 2.29 bits per heavy atom. The van der Waals surface area contributed by atoms with Crippen LogP contribution >= 0.6 is 0 Å². The van der Waals surface area contributed by atoms with Crippen molar-refractivity contribution in [3.63, 3.8) is 0 Å². The summed E-state index contributed by atoms with van der Waals surface area (Å²) in [5.41, 5.74) is 0.0994. The van der Waals surface area contributed by atoms with Crippen LogP contribution in [0.5, 0.6) is 5.75 Å². The van der Waals surface area contributed by atoms with Crippen molar-refractivity contribution in [1.82, 2.24) is 0 Å². The van der Waals surface area contributed by atoms with E-state index in [1.807, 2.05) is 38.1 Å². The second-order valence-electron chi connectivity index (χ2n) is 4.05. The van der Waals surface area contributed by atoms with E-state index in [0.29, 0.717) is 0 Å². The van der Waals surface area contributed by atoms with Crippen molar-refractivity contribution in [2.75, 3.05) is 19.5 Å². The van der Waals surface area contributed by atoms with Crippen LogP contribution < -0.4 is 10.1 Å². The van der Waals surface area contributed by atoms with Gasteiger partial charge in [-0.25, -0.2) is 0 Å². The fourth-order valence-corrected chi connectivity index (χ4v) is 1.43. The molecule has 0 aliphatic carbocycles. The lowest BCUT2D eigenvalue weighted by Gasteiger charge is -2.29. The number of methoxy groups -OCH3 is 2. The highest BCUT2D eigenvalue weighted by atomic mass is 16.5. The molecule has 0 saturated heterocycles. The summed E-state index contributed by atoms with van der Waals surface area (Å²) in [5.74, 6) is 0.786. The van der Waals surface area contributed by atoms with E-state index in [2.05, 4.69) is 11.4 Å². The zero-order valence-corrected chi connectivity index (χ0v) is 10.7. The first-order valence-electron chi connectivity index (χ1n) is 5.42. The van der Waals surface area contributed by atoms with E-state index in [1.54, 1.807) is 14.2 Å². The lowest BCUT2D eigenvalue weighted by molar-refractivity contribution is 0.0853. The van der Waals surface area contributed by atoms with Crippen LogP contribution in [0.25, 0.3) is 0 Å². The molecule has 0 fully saturated rings. The molecule has 0 amide bonds. The largest absolute Gasteiger partial charge is 0.497 e. The lowest BCUT2D eigenvalue weighted by Crippen LogP contribution is -2.44. The zero-order chi connectivity index (χ0) is 12.9. The molecule has 4 heteroatoms. The molecule has 0 radical (unpaired) electrons. The van der Waals surface area contributed by atoms with Gasteiger partial charge in [-0.2, -0.15) is 5.26 Å². The van der Waals surface area contributed by atoms with E-state index >= 15 is 0 Å². The summed E-state index contributed by atoms with van der Waals surface area (Å²) in [7, 11) is 3.21. The maximum absolute atomic E-state index is 9.23. The fourth-order valence-electron chi connectivity index (χ4n) is 1.43. The SMILES string of the molecule is COc1ccc(NC(C)(C#N)C(C)OC)cc1. The smallest absolute Gasteiger partial charge is 0.148 e. The third-order valence-corrected chi connectivity index (χ3v) is 2.89. The van der Waals surface area contributed by atoms with Gasteiger partial charge in [-0.05, 0) is 38.1 Å². The number of benzene rings is 1. The first kappa shape index (κ1) is 13.3. The monoisotopic (exact) mass is 234 g/mol. The van der Waals surface area contributed by atoms with Crippen molar-refractivity contribution >= 4 is 5.69 Å². The molecule has 0 spiro atoms. The molecular formula is C13H18N2O2. The fraction of sp³-hybridized carbons (Fsp3) is 0.462. The molecule has 0 bridgehead atoms. The predicted molar refractivity (Wildman–Crippen MR) is 67.1 cm³/mol. The summed E-state index contributed by atoms with van der Waals surface area (Å²) >= 11 is 0. The van der Waals surface area contributed by atoms with E-state index in [-0.39, 0.29) is 6.10 Å². The molecule has 0 aliphatic rings. The number of ether oxygens (including phenoxy) is 2. The van der Waals surface area contributed by atoms with Gasteiger partial charge in [-0.1, -0.05) is 0 Å². The molecule has 1 aromatic carbocycles. The van der Waals surface area contributed by atoms with E-state index in [4.69, 9.17) is 9.47 Å². The molecular weight excluding hydrogens is 216 g/mol. The third-order valence-electron chi connectivity index (χ3n) is 2.89. The standard InChI is InChI=1S/C13H18N2O2/c1-10(16-3)13(2,9-14)15-11-5-7-12(17-4)8-6-11/h5-8,10,15H,1-4H3. The summed E-state index contributed by atoms with van der Waals surface area (Å²) in [5, 5.41) is 12.4. The normalized spacial score (nSPS) is 15.5. The zero-order valence-electron chi connectivity index (χ0n) is 10.7. The van der Waals surface area contributed by atoms with Crippen LogP contribution in [0, 0.1) is 11.3 Å². The van der Waals surface area contributed by atoms with Crippen LogP contribution in [-0.4, -0.2) is 25.9 Å². The number of rotatable bonds is 5. The quantitative estimate of drug-likeness (QED) is 0.850. The number of nitrogens with one attached hydrogen (secondary N) is 1. The van der Waals surface area contributed by atoms with Gasteiger partial charge in [0.25, 0.3) is 0 Å². The number of anilines is 1. The first-order chi connectivity index (χ1) is 8.05. The number of hydrogen-bond donors (Lipinski definition) is 1. The van der Waals surface area contributed by atoms with Gasteiger partial charge in [0.05, 0.1) is 19.3 Å². The Kier molecular flexibility index (Phi) is 4.36. The van der Waals surface area contributed by atoms with Crippen LogP contribution in [-0.2, 0) is 4.74 Å². The Labute approximate surface area is 102 Å². The molecule has 1 rings (SSSR count). The minimum Gasteiger partial charge on any atom is -0.497 e. The molecule has 0 aromatic heterocycles. The number of hydrogen-bond acceptors (Lipinski definition) is 4. The van der Waals surface area contributed by atoms with Gasteiger partial charge in [-0.15, -0.1) is 0 Å². The lowest BCUT2D eigenvalue weighted by atomic mass is 9.97. The Morgan fingerprint density at radius 1 is 1.29 bits per heavy atom. The summed E-state index contributed by atoms with van der Waals surface area (Å²) in [6.45, 7) is 3.67. The molecule has 2 unspecified atom stereocenters. The maximum atomic E-state index is 9.23. The van der Waals surface area contributed by atoms with Crippen molar-refractivity contribution in [2.45, 2.75) is 25.5 Å². The van der Waals surface area contributed by atoms with Gasteiger partial charge in [-0.3, -0.25) is 0 Å². The average Bonchev–Trinajstić information content (AvgIpc) is 2.38. The van der Waals surface area contributed by atoms with Crippen molar-refractivity contribution in [3.05, 3.63) is 24.3 Å². The molecule has 0 saturated carbocycles. The number of nitrogens with zero attached hydrogens (tertiary/aromatic N) is 1. The minimum absolute atomic E-state index is 0.213. The van der Waals surface area contributed by atoms with Crippen LogP contribution in [0.4, 0.5) is 5.69 Å². The Morgan fingerprint density at radius 2 is 1.88 bits per heavy atom. The highest BCUT2D eigenvalue weighted by Crippen LogP contribution is 2.22. The van der Waals surface area contributed by atoms with E-state index in [1.165, 1.54) is 0 Å². The summed E-state index contributed by atoms with van der Waals surface area (Å²) < 4.78 is 10.3. The molecule has 1 aromatic rings. The third kappa shape index (κ3) is 3.11. The van der Waals surface area contributed by atoms with Gasteiger partial charge < -0.3 is 14.8 Å². The van der Waals surface area contributed by atoms with Gasteiger partial charge in [0.1, 0.15) is 11.3 Å². The maximum Gasteiger partial charge on any atom is 0.148 e. The number of nitriles is 1. The molecule has 2 atom stereocenters. The van der Waals surface area contributed by atoms with Crippen molar-refractivity contribution in [3.8, 4) is 11.8 Å². The van der Waals surface area contributed by atoms with Crippen LogP contribution in [0.2, 0.25) is 0 Å². The average molecular weight is 234 g/mol. The molecule has 4 nitrogen and oxygen atoms in total. The van der Waals surface area contributed by atoms with Crippen LogP contribution in [0.15, 0.2) is 24.3 Å². The second-order valence-corrected chi connectivity index (χ2v) is 4.05. The summed E-state index contributed by atoms with van der Waals surface area (Å²) in [6.07, 6.45) is -0.213. The first-order valence-corrected chi connectivity index (χ1v) is 5.42.